The van der Waals surface area contributed by atoms with Gasteiger partial charge in [-0.25, -0.2) is 0 Å². The molecule has 0 aromatic carbocycles. The number of hydrogen-bond acceptors (Lipinski definition) is 12. The number of carbonyl (C=O) groups excluding carboxylic acids is 5. The highest BCUT2D eigenvalue weighted by Gasteiger charge is 2.50. The van der Waals surface area contributed by atoms with E-state index in [2.05, 4.69) is 0 Å². The first-order chi connectivity index (χ1) is 24.4. The molecule has 6 atom stereocenters. The Kier molecular flexibility index (Phi) is 18.4. The molecule has 2 aliphatic heterocycles. The molecule has 12 nitrogen and oxygen atoms in total. The molecule has 4 aliphatic rings. The fraction of sp³-hybridized carbons (Fsp3) is 0.868. The summed E-state index contributed by atoms with van der Waals surface area (Å²) in [6, 6.07) is 0. The molecule has 2 saturated heterocycles. The minimum Gasteiger partial charge on any atom is -0.466 e. The van der Waals surface area contributed by atoms with Crippen LogP contribution in [0.4, 0.5) is 0 Å². The molecule has 2 saturated carbocycles. The molecule has 50 heavy (non-hydrogen) atoms. The molecule has 2 aliphatic carbocycles. The quantitative estimate of drug-likeness (QED) is 0.0420. The first-order valence-corrected chi connectivity index (χ1v) is 19.5. The van der Waals surface area contributed by atoms with E-state index in [0.29, 0.717) is 109 Å². The van der Waals surface area contributed by atoms with E-state index in [1.54, 1.807) is 0 Å². The van der Waals surface area contributed by atoms with E-state index in [-0.39, 0.29) is 48.0 Å². The van der Waals surface area contributed by atoms with Crippen molar-refractivity contribution in [3.05, 3.63) is 0 Å². The van der Waals surface area contributed by atoms with Crippen molar-refractivity contribution >= 4 is 29.8 Å². The minimum absolute atomic E-state index is 0.0741. The van der Waals surface area contributed by atoms with E-state index < -0.39 is 0 Å². The van der Waals surface area contributed by atoms with E-state index >= 15 is 0 Å². The lowest BCUT2D eigenvalue weighted by molar-refractivity contribution is -0.150. The van der Waals surface area contributed by atoms with Gasteiger partial charge in [-0.15, -0.1) is 0 Å². The third-order valence-corrected chi connectivity index (χ3v) is 10.1. The molecule has 0 aromatic rings. The van der Waals surface area contributed by atoms with Crippen LogP contribution in [0.1, 0.15) is 141 Å². The van der Waals surface area contributed by atoms with Crippen LogP contribution in [0.15, 0.2) is 0 Å². The summed E-state index contributed by atoms with van der Waals surface area (Å²) >= 11 is 0. The van der Waals surface area contributed by atoms with Crippen molar-refractivity contribution in [2.45, 2.75) is 166 Å². The predicted octanol–water partition coefficient (Wildman–Crippen LogP) is 6.08. The molecule has 4 rings (SSSR count). The molecule has 0 amide bonds. The first-order valence-electron chi connectivity index (χ1n) is 19.5. The molecular weight excluding hydrogens is 648 g/mol. The fourth-order valence-corrected chi connectivity index (χ4v) is 6.94. The number of hydrogen-bond donors (Lipinski definition) is 0. The summed E-state index contributed by atoms with van der Waals surface area (Å²) in [5.74, 6) is -0.746. The van der Waals surface area contributed by atoms with E-state index in [1.165, 1.54) is 0 Å². The minimum atomic E-state index is -0.237. The molecule has 0 N–H and O–H groups in total. The van der Waals surface area contributed by atoms with Gasteiger partial charge in [-0.1, -0.05) is 6.42 Å². The monoisotopic (exact) mass is 708 g/mol. The lowest BCUT2D eigenvalue weighted by atomic mass is 9.89. The van der Waals surface area contributed by atoms with Gasteiger partial charge in [-0.3, -0.25) is 24.0 Å². The van der Waals surface area contributed by atoms with Gasteiger partial charge in [0.25, 0.3) is 0 Å². The Morgan fingerprint density at radius 3 is 1.38 bits per heavy atom. The third kappa shape index (κ3) is 16.1. The molecule has 0 radical (unpaired) electrons. The molecule has 0 bridgehead atoms. The normalized spacial score (nSPS) is 24.6. The zero-order valence-corrected chi connectivity index (χ0v) is 30.0. The van der Waals surface area contributed by atoms with Gasteiger partial charge in [0.05, 0.1) is 63.4 Å². The summed E-state index contributed by atoms with van der Waals surface area (Å²) in [7, 11) is 0. The van der Waals surface area contributed by atoms with Gasteiger partial charge in [0, 0.05) is 31.6 Å². The summed E-state index contributed by atoms with van der Waals surface area (Å²) in [6.45, 7) is 1.88. The van der Waals surface area contributed by atoms with Crippen LogP contribution in [0.3, 0.4) is 0 Å². The van der Waals surface area contributed by atoms with Gasteiger partial charge in [-0.05, 0) is 109 Å². The van der Waals surface area contributed by atoms with Crippen LogP contribution >= 0.6 is 0 Å². The molecule has 12 heteroatoms. The van der Waals surface area contributed by atoms with Gasteiger partial charge in [-0.2, -0.15) is 0 Å². The summed E-state index contributed by atoms with van der Waals surface area (Å²) in [4.78, 5) is 60.0. The Morgan fingerprint density at radius 2 is 0.860 bits per heavy atom. The Hall–Kier alpha value is -2.73. The van der Waals surface area contributed by atoms with Crippen molar-refractivity contribution in [1.29, 1.82) is 0 Å². The highest BCUT2D eigenvalue weighted by molar-refractivity contribution is 5.74. The summed E-state index contributed by atoms with van der Waals surface area (Å²) in [5.41, 5.74) is 0. The Morgan fingerprint density at radius 1 is 0.440 bits per heavy atom. The number of rotatable bonds is 27. The zero-order chi connectivity index (χ0) is 35.4. The van der Waals surface area contributed by atoms with Gasteiger partial charge >= 0.3 is 29.8 Å². The van der Waals surface area contributed by atoms with Crippen molar-refractivity contribution in [3.63, 3.8) is 0 Å². The highest BCUT2D eigenvalue weighted by Crippen LogP contribution is 2.41. The smallest absolute Gasteiger partial charge is 0.311 e. The van der Waals surface area contributed by atoms with Crippen LogP contribution in [0.2, 0.25) is 0 Å². The van der Waals surface area contributed by atoms with Crippen LogP contribution in [0.5, 0.6) is 0 Å². The van der Waals surface area contributed by atoms with E-state index in [0.717, 1.165) is 83.5 Å². The summed E-state index contributed by atoms with van der Waals surface area (Å²) in [6.07, 6.45) is 17.5. The van der Waals surface area contributed by atoms with E-state index in [9.17, 15) is 24.0 Å². The lowest BCUT2D eigenvalue weighted by Gasteiger charge is -2.17. The maximum absolute atomic E-state index is 12.2. The van der Waals surface area contributed by atoms with Crippen molar-refractivity contribution in [1.82, 2.24) is 0 Å². The van der Waals surface area contributed by atoms with Crippen LogP contribution in [-0.2, 0) is 57.1 Å². The number of unbranched alkanes of at least 4 members (excludes halogenated alkanes) is 8. The third-order valence-electron chi connectivity index (χ3n) is 10.1. The number of esters is 5. The summed E-state index contributed by atoms with van der Waals surface area (Å²) < 4.78 is 37.8. The number of ether oxygens (including phenoxy) is 7. The fourth-order valence-electron chi connectivity index (χ4n) is 6.94. The number of carbonyl (C=O) groups is 5. The topological polar surface area (TPSA) is 157 Å². The number of fused-ring (bicyclic) bond motifs is 2. The Balaban J connectivity index is 0.822. The van der Waals surface area contributed by atoms with E-state index in [4.69, 9.17) is 33.2 Å². The van der Waals surface area contributed by atoms with Crippen LogP contribution < -0.4 is 0 Å². The molecule has 0 spiro atoms. The second-order valence-corrected chi connectivity index (χ2v) is 14.3. The van der Waals surface area contributed by atoms with Gasteiger partial charge in [0.1, 0.15) is 0 Å². The zero-order valence-electron chi connectivity index (χ0n) is 30.0. The second kappa shape index (κ2) is 23.0. The highest BCUT2D eigenvalue weighted by atomic mass is 16.6. The Bertz CT molecular complexity index is 1060. The molecule has 6 unspecified atom stereocenters. The molecule has 0 aromatic heterocycles. The Labute approximate surface area is 297 Å². The first kappa shape index (κ1) is 40.0. The average molecular weight is 709 g/mol. The van der Waals surface area contributed by atoms with E-state index in [1.807, 2.05) is 0 Å². The van der Waals surface area contributed by atoms with Crippen LogP contribution in [0.25, 0.3) is 0 Å². The van der Waals surface area contributed by atoms with Gasteiger partial charge < -0.3 is 33.2 Å². The molecule has 2 heterocycles. The standard InChI is InChI=1S/C38H60O12/c39-32(19-5-2-10-24-45-34(41)21-7-4-12-26-47-38(43)29-16-14-18-31-37(29)50-31)44-23-9-1-6-20-33(40)46-25-11-3-8-22-35(42)48-27-28-15-13-17-30-36(28)49-30/h28-31,36-37H,1-27H2. The average Bonchev–Trinajstić information content (AvgIpc) is 4.04. The SMILES string of the molecule is O=C(CCCCCOC(=O)CCCCCOC(=O)C1CCCC2OC21)OCCCCCC(=O)OCCCCCC(=O)OCC1CCCC2OC12. The number of epoxide rings is 2. The van der Waals surface area contributed by atoms with Crippen molar-refractivity contribution in [2.75, 3.05) is 33.0 Å². The second-order valence-electron chi connectivity index (χ2n) is 14.3. The van der Waals surface area contributed by atoms with Gasteiger partial charge in [0.2, 0.25) is 0 Å². The largest absolute Gasteiger partial charge is 0.466 e. The molecule has 284 valence electrons. The van der Waals surface area contributed by atoms with Crippen LogP contribution in [0, 0.1) is 11.8 Å². The van der Waals surface area contributed by atoms with Crippen LogP contribution in [-0.4, -0.2) is 87.3 Å². The molecule has 4 fully saturated rings. The van der Waals surface area contributed by atoms with Gasteiger partial charge in [0.15, 0.2) is 0 Å². The maximum Gasteiger partial charge on any atom is 0.311 e. The maximum atomic E-state index is 12.2. The van der Waals surface area contributed by atoms with Crippen molar-refractivity contribution in [2.24, 2.45) is 11.8 Å². The summed E-state index contributed by atoms with van der Waals surface area (Å²) in [5, 5.41) is 0. The lowest BCUT2D eigenvalue weighted by Crippen LogP contribution is -2.27. The van der Waals surface area contributed by atoms with Crippen molar-refractivity contribution < 1.29 is 57.1 Å². The molecular formula is C38H60O12. The van der Waals surface area contributed by atoms with Crippen molar-refractivity contribution in [3.8, 4) is 0 Å². The predicted molar refractivity (Wildman–Crippen MR) is 181 cm³/mol.